The minimum atomic E-state index is -0.517. The molecular weight excluding hydrogens is 665 g/mol. The number of pyridine rings is 1. The Morgan fingerprint density at radius 2 is 1.19 bits per heavy atom. The van der Waals surface area contributed by atoms with Crippen LogP contribution in [0, 0.1) is 0 Å². The van der Waals surface area contributed by atoms with E-state index in [2.05, 4.69) is 154 Å². The van der Waals surface area contributed by atoms with E-state index in [0.29, 0.717) is 5.95 Å². The molecule has 1 spiro atoms. The maximum absolute atomic E-state index is 4.79. The topological polar surface area (TPSA) is 43.6 Å². The van der Waals surface area contributed by atoms with Crippen molar-refractivity contribution in [2.75, 3.05) is 0 Å². The zero-order valence-electron chi connectivity index (χ0n) is 28.4. The van der Waals surface area contributed by atoms with E-state index in [-0.39, 0.29) is 0 Å². The summed E-state index contributed by atoms with van der Waals surface area (Å²) in [7, 11) is 0. The first-order valence-corrected chi connectivity index (χ1v) is 18.7. The molecule has 12 rings (SSSR count). The molecule has 1 atom stereocenters. The Bertz CT molecular complexity index is 3190. The van der Waals surface area contributed by atoms with Crippen molar-refractivity contribution in [2.24, 2.45) is 0 Å². The molecule has 0 saturated heterocycles. The summed E-state index contributed by atoms with van der Waals surface area (Å²) in [6.45, 7) is 0. The molecule has 0 radical (unpaired) electrons. The molecule has 10 aromatic rings. The highest BCUT2D eigenvalue weighted by Gasteiger charge is 2.48. The van der Waals surface area contributed by atoms with Gasteiger partial charge in [-0.05, 0) is 110 Å². The minimum absolute atomic E-state index is 0.517. The molecule has 5 heteroatoms. The van der Waals surface area contributed by atoms with Gasteiger partial charge in [0.1, 0.15) is 5.65 Å². The van der Waals surface area contributed by atoms with E-state index in [1.165, 1.54) is 70.2 Å². The van der Waals surface area contributed by atoms with Crippen molar-refractivity contribution in [1.82, 2.24) is 19.5 Å². The SMILES string of the molecule is C1=Cc2ccc(-c3ccc4c(c3)c3cccnc3n4-c3ncccn3)cc2C2(c3ccccc31)c1ccccc1-c1cc3c(cc12)sc1ccccc13. The summed E-state index contributed by atoms with van der Waals surface area (Å²) < 4.78 is 4.70. The van der Waals surface area contributed by atoms with Crippen molar-refractivity contribution in [2.45, 2.75) is 5.41 Å². The van der Waals surface area contributed by atoms with Gasteiger partial charge in [-0.15, -0.1) is 11.3 Å². The lowest BCUT2D eigenvalue weighted by atomic mass is 9.65. The Kier molecular flexibility index (Phi) is 5.83. The smallest absolute Gasteiger partial charge is 0.235 e. The van der Waals surface area contributed by atoms with Crippen LogP contribution in [-0.2, 0) is 5.41 Å². The number of rotatable bonds is 2. The fourth-order valence-corrected chi connectivity index (χ4v) is 10.4. The van der Waals surface area contributed by atoms with Gasteiger partial charge in [-0.25, -0.2) is 15.0 Å². The average Bonchev–Trinajstić information content (AvgIpc) is 3.81. The summed E-state index contributed by atoms with van der Waals surface area (Å²) in [6, 6.07) is 51.6. The summed E-state index contributed by atoms with van der Waals surface area (Å²) in [5, 5.41) is 4.85. The average molecular weight is 693 g/mol. The predicted octanol–water partition coefficient (Wildman–Crippen LogP) is 11.9. The Morgan fingerprint density at radius 3 is 2.11 bits per heavy atom. The second-order valence-corrected chi connectivity index (χ2v) is 15.1. The summed E-state index contributed by atoms with van der Waals surface area (Å²) in [6.07, 6.45) is 10.0. The summed E-state index contributed by atoms with van der Waals surface area (Å²) >= 11 is 1.89. The molecule has 246 valence electrons. The number of aromatic nitrogens is 4. The highest BCUT2D eigenvalue weighted by molar-refractivity contribution is 7.25. The van der Waals surface area contributed by atoms with Crippen LogP contribution in [0.3, 0.4) is 0 Å². The van der Waals surface area contributed by atoms with Gasteiger partial charge in [-0.3, -0.25) is 4.57 Å². The van der Waals surface area contributed by atoms with Crippen LogP contribution in [0.5, 0.6) is 0 Å². The fraction of sp³-hybridized carbons (Fsp3) is 0.0208. The number of benzene rings is 6. The molecule has 4 nitrogen and oxygen atoms in total. The van der Waals surface area contributed by atoms with E-state index in [4.69, 9.17) is 4.98 Å². The van der Waals surface area contributed by atoms with Crippen molar-refractivity contribution in [3.63, 3.8) is 0 Å². The van der Waals surface area contributed by atoms with Crippen LogP contribution in [0.1, 0.15) is 33.4 Å². The van der Waals surface area contributed by atoms with Crippen LogP contribution in [0.25, 0.3) is 82.5 Å². The van der Waals surface area contributed by atoms with E-state index in [0.717, 1.165) is 27.5 Å². The highest BCUT2D eigenvalue weighted by Crippen LogP contribution is 2.60. The molecule has 1 unspecified atom stereocenters. The summed E-state index contributed by atoms with van der Waals surface area (Å²) in [5.41, 5.74) is 14.1. The lowest BCUT2D eigenvalue weighted by molar-refractivity contribution is 0.768. The monoisotopic (exact) mass is 692 g/mol. The molecule has 0 aliphatic heterocycles. The van der Waals surface area contributed by atoms with Gasteiger partial charge in [0, 0.05) is 49.5 Å². The molecule has 2 aliphatic carbocycles. The third-order valence-electron chi connectivity index (χ3n) is 11.4. The van der Waals surface area contributed by atoms with Crippen molar-refractivity contribution in [3.05, 3.63) is 191 Å². The van der Waals surface area contributed by atoms with E-state index in [9.17, 15) is 0 Å². The number of hydrogen-bond acceptors (Lipinski definition) is 4. The molecule has 0 N–H and O–H groups in total. The molecule has 0 amide bonds. The van der Waals surface area contributed by atoms with Gasteiger partial charge < -0.3 is 0 Å². The number of hydrogen-bond donors (Lipinski definition) is 0. The van der Waals surface area contributed by atoms with Crippen LogP contribution in [0.4, 0.5) is 0 Å². The second-order valence-electron chi connectivity index (χ2n) is 14.0. The quantitative estimate of drug-likeness (QED) is 0.181. The zero-order chi connectivity index (χ0) is 34.7. The van der Waals surface area contributed by atoms with E-state index in [1.54, 1.807) is 12.4 Å². The van der Waals surface area contributed by atoms with Crippen molar-refractivity contribution < 1.29 is 0 Å². The van der Waals surface area contributed by atoms with Crippen LogP contribution in [0.2, 0.25) is 0 Å². The summed E-state index contributed by atoms with van der Waals surface area (Å²) in [5.74, 6) is 0.614. The highest BCUT2D eigenvalue weighted by atomic mass is 32.1. The van der Waals surface area contributed by atoms with Gasteiger partial charge in [0.25, 0.3) is 0 Å². The van der Waals surface area contributed by atoms with Gasteiger partial charge in [0.2, 0.25) is 5.95 Å². The minimum Gasteiger partial charge on any atom is -0.262 e. The first kappa shape index (κ1) is 28.9. The fourth-order valence-electron chi connectivity index (χ4n) is 9.22. The van der Waals surface area contributed by atoms with Crippen molar-refractivity contribution in [3.8, 4) is 28.2 Å². The van der Waals surface area contributed by atoms with Crippen LogP contribution < -0.4 is 0 Å². The molecule has 0 bridgehead atoms. The predicted molar refractivity (Wildman–Crippen MR) is 219 cm³/mol. The molecule has 4 aromatic heterocycles. The first-order valence-electron chi connectivity index (χ1n) is 17.9. The molecule has 2 aliphatic rings. The third-order valence-corrected chi connectivity index (χ3v) is 12.6. The van der Waals surface area contributed by atoms with Crippen LogP contribution >= 0.6 is 11.3 Å². The molecule has 53 heavy (non-hydrogen) atoms. The molecule has 0 fully saturated rings. The lowest BCUT2D eigenvalue weighted by Gasteiger charge is -2.35. The number of fused-ring (bicyclic) bond motifs is 15. The standard InChI is InChI=1S/C48H28N4S/c1-4-13-39-29(9-1)16-17-30-18-19-32(31-20-21-43-37(25-31)35-12-7-22-49-46(35)52(43)47-50-23-8-24-51-47)26-41(30)48(39)40-14-5-2-10-33(40)36-27-38-34-11-3-6-15-44(34)53-45(38)28-42(36)48/h1-28H. The van der Waals surface area contributed by atoms with Crippen LogP contribution in [0.15, 0.2) is 158 Å². The molecule has 0 saturated carbocycles. The van der Waals surface area contributed by atoms with Gasteiger partial charge in [-0.1, -0.05) is 97.1 Å². The van der Waals surface area contributed by atoms with Crippen LogP contribution in [-0.4, -0.2) is 19.5 Å². The Hall–Kier alpha value is -6.69. The van der Waals surface area contributed by atoms with Gasteiger partial charge in [-0.2, -0.15) is 0 Å². The Morgan fingerprint density at radius 1 is 0.453 bits per heavy atom. The number of thiophene rings is 1. The zero-order valence-corrected chi connectivity index (χ0v) is 29.2. The van der Waals surface area contributed by atoms with E-state index in [1.807, 2.05) is 29.7 Å². The number of nitrogens with zero attached hydrogens (tertiary/aromatic N) is 4. The molecule has 4 heterocycles. The Balaban J connectivity index is 1.15. The van der Waals surface area contributed by atoms with Gasteiger partial charge in [0.15, 0.2) is 0 Å². The van der Waals surface area contributed by atoms with Crippen molar-refractivity contribution >= 4 is 65.6 Å². The van der Waals surface area contributed by atoms with Gasteiger partial charge >= 0.3 is 0 Å². The molecule has 6 aromatic carbocycles. The third kappa shape index (κ3) is 3.86. The Labute approximate surface area is 309 Å². The normalized spacial score (nSPS) is 15.5. The second kappa shape index (κ2) is 10.7. The van der Waals surface area contributed by atoms with Gasteiger partial charge in [0.05, 0.1) is 10.9 Å². The maximum atomic E-state index is 4.79. The van der Waals surface area contributed by atoms with Crippen molar-refractivity contribution in [1.29, 1.82) is 0 Å². The first-order chi connectivity index (χ1) is 26.3. The lowest BCUT2D eigenvalue weighted by Crippen LogP contribution is -2.30. The molecular formula is C48H28N4S. The largest absolute Gasteiger partial charge is 0.262 e. The maximum Gasteiger partial charge on any atom is 0.235 e. The van der Waals surface area contributed by atoms with E-state index >= 15 is 0 Å². The van der Waals surface area contributed by atoms with E-state index < -0.39 is 5.41 Å². The summed E-state index contributed by atoms with van der Waals surface area (Å²) in [4.78, 5) is 14.0.